The highest BCUT2D eigenvalue weighted by molar-refractivity contribution is 5.92. The summed E-state index contributed by atoms with van der Waals surface area (Å²) in [5.74, 6) is 0. The van der Waals surface area contributed by atoms with Gasteiger partial charge in [-0.25, -0.2) is 0 Å². The molecule has 0 aliphatic heterocycles. The van der Waals surface area contributed by atoms with E-state index >= 15 is 0 Å². The van der Waals surface area contributed by atoms with Gasteiger partial charge in [0.05, 0.1) is 5.54 Å². The van der Waals surface area contributed by atoms with Crippen LogP contribution in [0.15, 0.2) is 17.6 Å². The largest absolute Gasteiger partial charge is 0.284 e. The van der Waals surface area contributed by atoms with Gasteiger partial charge in [-0.15, -0.1) is 0 Å². The molecule has 10 heavy (non-hydrogen) atoms. The second-order valence-electron chi connectivity index (χ2n) is 3.12. The maximum absolute atomic E-state index is 4.44. The molecule has 0 amide bonds. The van der Waals surface area contributed by atoms with Crippen molar-refractivity contribution in [3.05, 3.63) is 12.7 Å². The lowest BCUT2D eigenvalue weighted by atomic mass is 10.0. The molecule has 0 aromatic rings. The average molecular weight is 139 g/mol. The summed E-state index contributed by atoms with van der Waals surface area (Å²) in [5.41, 5.74) is 1.10. The topological polar surface area (TPSA) is 12.4 Å². The molecule has 0 heterocycles. The molecule has 0 saturated carbocycles. The smallest absolute Gasteiger partial charge is 0.0552 e. The molecule has 0 atom stereocenters. The maximum Gasteiger partial charge on any atom is 0.0552 e. The Morgan fingerprint density at radius 2 is 2.10 bits per heavy atom. The van der Waals surface area contributed by atoms with Gasteiger partial charge in [0.25, 0.3) is 0 Å². The molecule has 0 saturated heterocycles. The van der Waals surface area contributed by atoms with Crippen molar-refractivity contribution in [2.75, 3.05) is 0 Å². The van der Waals surface area contributed by atoms with E-state index in [2.05, 4.69) is 32.3 Å². The number of rotatable bonds is 3. The standard InChI is InChI=1S/C9H17N/c1-6-8(3)10-9(4,5)7-2/h6H,1,7H2,2-5H3. The predicted octanol–water partition coefficient (Wildman–Crippen LogP) is 2.82. The van der Waals surface area contributed by atoms with Gasteiger partial charge in [-0.2, -0.15) is 0 Å². The van der Waals surface area contributed by atoms with Crippen molar-refractivity contribution in [2.45, 2.75) is 39.7 Å². The number of aliphatic imine (C=N–C) groups is 1. The van der Waals surface area contributed by atoms with Crippen LogP contribution in [-0.4, -0.2) is 11.3 Å². The normalized spacial score (nSPS) is 13.4. The second-order valence-corrected chi connectivity index (χ2v) is 3.12. The summed E-state index contributed by atoms with van der Waals surface area (Å²) in [7, 11) is 0. The summed E-state index contributed by atoms with van der Waals surface area (Å²) < 4.78 is 0. The van der Waals surface area contributed by atoms with Crippen LogP contribution >= 0.6 is 0 Å². The van der Waals surface area contributed by atoms with Crippen molar-refractivity contribution >= 4 is 5.71 Å². The van der Waals surface area contributed by atoms with Crippen molar-refractivity contribution in [1.29, 1.82) is 0 Å². The zero-order chi connectivity index (χ0) is 8.20. The highest BCUT2D eigenvalue weighted by atomic mass is 14.8. The van der Waals surface area contributed by atoms with E-state index in [-0.39, 0.29) is 5.54 Å². The highest BCUT2D eigenvalue weighted by Crippen LogP contribution is 2.13. The van der Waals surface area contributed by atoms with Gasteiger partial charge in [0.15, 0.2) is 0 Å². The monoisotopic (exact) mass is 139 g/mol. The average Bonchev–Trinajstić information content (AvgIpc) is 1.87. The molecule has 1 heteroatoms. The predicted molar refractivity (Wildman–Crippen MR) is 47.7 cm³/mol. The van der Waals surface area contributed by atoms with E-state index in [4.69, 9.17) is 0 Å². The molecular weight excluding hydrogens is 122 g/mol. The van der Waals surface area contributed by atoms with Crippen molar-refractivity contribution in [3.8, 4) is 0 Å². The van der Waals surface area contributed by atoms with Gasteiger partial charge in [-0.3, -0.25) is 4.99 Å². The van der Waals surface area contributed by atoms with Crippen LogP contribution in [0, 0.1) is 0 Å². The van der Waals surface area contributed by atoms with Crippen molar-refractivity contribution in [1.82, 2.24) is 0 Å². The first kappa shape index (κ1) is 9.41. The lowest BCUT2D eigenvalue weighted by molar-refractivity contribution is 0.505. The molecule has 0 radical (unpaired) electrons. The molecule has 0 aromatic heterocycles. The zero-order valence-corrected chi connectivity index (χ0v) is 7.44. The van der Waals surface area contributed by atoms with Crippen molar-refractivity contribution in [3.63, 3.8) is 0 Å². The van der Waals surface area contributed by atoms with Crippen LogP contribution in [-0.2, 0) is 0 Å². The quantitative estimate of drug-likeness (QED) is 0.533. The minimum Gasteiger partial charge on any atom is -0.284 e. The Kier molecular flexibility index (Phi) is 3.34. The van der Waals surface area contributed by atoms with Crippen LogP contribution in [0.3, 0.4) is 0 Å². The Bertz CT molecular complexity index is 143. The van der Waals surface area contributed by atoms with E-state index in [1.807, 2.05) is 6.92 Å². The van der Waals surface area contributed by atoms with Gasteiger partial charge < -0.3 is 0 Å². The van der Waals surface area contributed by atoms with Crippen LogP contribution < -0.4 is 0 Å². The van der Waals surface area contributed by atoms with E-state index in [0.717, 1.165) is 12.1 Å². The van der Waals surface area contributed by atoms with Gasteiger partial charge >= 0.3 is 0 Å². The molecule has 0 aliphatic carbocycles. The second kappa shape index (κ2) is 3.55. The third kappa shape index (κ3) is 3.44. The van der Waals surface area contributed by atoms with E-state index in [1.165, 1.54) is 0 Å². The zero-order valence-electron chi connectivity index (χ0n) is 7.44. The van der Waals surface area contributed by atoms with Gasteiger partial charge in [-0.1, -0.05) is 13.5 Å². The SMILES string of the molecule is C=CC(C)=NC(C)(C)CC. The molecule has 1 nitrogen and oxygen atoms in total. The fraction of sp³-hybridized carbons (Fsp3) is 0.667. The summed E-state index contributed by atoms with van der Waals surface area (Å²) in [5, 5.41) is 0. The molecule has 0 spiro atoms. The summed E-state index contributed by atoms with van der Waals surface area (Å²) in [6, 6.07) is 0. The minimum absolute atomic E-state index is 0.0816. The molecule has 0 aromatic carbocycles. The van der Waals surface area contributed by atoms with E-state index in [0.29, 0.717) is 0 Å². The summed E-state index contributed by atoms with van der Waals surface area (Å²) >= 11 is 0. The number of hydrogen-bond acceptors (Lipinski definition) is 1. The molecule has 58 valence electrons. The Morgan fingerprint density at radius 1 is 1.60 bits per heavy atom. The van der Waals surface area contributed by atoms with Crippen LogP contribution in [0.5, 0.6) is 0 Å². The van der Waals surface area contributed by atoms with Crippen LogP contribution in [0.1, 0.15) is 34.1 Å². The summed E-state index contributed by atoms with van der Waals surface area (Å²) in [6.45, 7) is 12.0. The van der Waals surface area contributed by atoms with Crippen LogP contribution in [0.25, 0.3) is 0 Å². The fourth-order valence-electron chi connectivity index (χ4n) is 0.602. The lowest BCUT2D eigenvalue weighted by Gasteiger charge is -2.17. The number of nitrogens with zero attached hydrogens (tertiary/aromatic N) is 1. The third-order valence-corrected chi connectivity index (χ3v) is 1.64. The molecule has 0 N–H and O–H groups in total. The van der Waals surface area contributed by atoms with E-state index in [1.54, 1.807) is 6.08 Å². The van der Waals surface area contributed by atoms with Crippen molar-refractivity contribution in [2.24, 2.45) is 4.99 Å². The minimum atomic E-state index is 0.0816. The molecule has 0 aliphatic rings. The van der Waals surface area contributed by atoms with E-state index < -0.39 is 0 Å². The molecule has 0 bridgehead atoms. The fourth-order valence-corrected chi connectivity index (χ4v) is 0.602. The lowest BCUT2D eigenvalue weighted by Crippen LogP contribution is -2.16. The summed E-state index contributed by atoms with van der Waals surface area (Å²) in [4.78, 5) is 4.44. The van der Waals surface area contributed by atoms with E-state index in [9.17, 15) is 0 Å². The first-order chi connectivity index (χ1) is 4.52. The molecule has 0 rings (SSSR count). The Morgan fingerprint density at radius 3 is 2.40 bits per heavy atom. The van der Waals surface area contributed by atoms with Gasteiger partial charge in [0, 0.05) is 5.71 Å². The molecule has 0 unspecified atom stereocenters. The Balaban J connectivity index is 4.22. The van der Waals surface area contributed by atoms with Gasteiger partial charge in [-0.05, 0) is 33.3 Å². The number of hydrogen-bond donors (Lipinski definition) is 0. The third-order valence-electron chi connectivity index (χ3n) is 1.64. The molecular formula is C9H17N. The number of allylic oxidation sites excluding steroid dienone is 1. The first-order valence-corrected chi connectivity index (χ1v) is 3.70. The van der Waals surface area contributed by atoms with Crippen LogP contribution in [0.4, 0.5) is 0 Å². The first-order valence-electron chi connectivity index (χ1n) is 3.70. The van der Waals surface area contributed by atoms with Gasteiger partial charge in [0.1, 0.15) is 0 Å². The van der Waals surface area contributed by atoms with Gasteiger partial charge in [0.2, 0.25) is 0 Å². The van der Waals surface area contributed by atoms with Crippen LogP contribution in [0.2, 0.25) is 0 Å². The highest BCUT2D eigenvalue weighted by Gasteiger charge is 2.11. The maximum atomic E-state index is 4.44. The molecule has 0 fully saturated rings. The Hall–Kier alpha value is -0.590. The summed E-state index contributed by atoms with van der Waals surface area (Å²) in [6.07, 6.45) is 2.86. The Labute approximate surface area is 63.9 Å². The van der Waals surface area contributed by atoms with Crippen molar-refractivity contribution < 1.29 is 0 Å².